The first-order valence-electron chi connectivity index (χ1n) is 9.42. The molecule has 1 saturated heterocycles. The van der Waals surface area contributed by atoms with Crippen LogP contribution in [0.1, 0.15) is 17.3 Å². The summed E-state index contributed by atoms with van der Waals surface area (Å²) in [5, 5.41) is 4.44. The van der Waals surface area contributed by atoms with Crippen LogP contribution in [0.3, 0.4) is 0 Å². The van der Waals surface area contributed by atoms with E-state index in [9.17, 15) is 9.18 Å². The molecule has 4 rings (SSSR count). The molecule has 1 aliphatic rings. The molecule has 6 nitrogen and oxygen atoms in total. The number of anilines is 1. The van der Waals surface area contributed by atoms with Crippen molar-refractivity contribution in [2.24, 2.45) is 0 Å². The highest BCUT2D eigenvalue weighted by Gasteiger charge is 2.19. The molecule has 1 aromatic heterocycles. The summed E-state index contributed by atoms with van der Waals surface area (Å²) in [6.07, 6.45) is 0. The van der Waals surface area contributed by atoms with Gasteiger partial charge in [-0.25, -0.2) is 9.07 Å². The van der Waals surface area contributed by atoms with Gasteiger partial charge in [0, 0.05) is 43.0 Å². The standard InChI is InChI=1S/C21H21FN4O2S/c1-15(27)16-4-8-19(9-5-16)25-12-10-24(11-13-25)14-26-21(29)28-20(23-26)17-2-6-18(22)7-3-17/h2-9H,10-14H2,1H3. The van der Waals surface area contributed by atoms with Gasteiger partial charge in [-0.05, 0) is 67.7 Å². The highest BCUT2D eigenvalue weighted by molar-refractivity contribution is 7.71. The predicted molar refractivity (Wildman–Crippen MR) is 111 cm³/mol. The van der Waals surface area contributed by atoms with E-state index in [4.69, 9.17) is 16.6 Å². The van der Waals surface area contributed by atoms with Crippen molar-refractivity contribution in [2.45, 2.75) is 13.6 Å². The van der Waals surface area contributed by atoms with Gasteiger partial charge in [0.05, 0.1) is 6.67 Å². The van der Waals surface area contributed by atoms with Gasteiger partial charge in [0.1, 0.15) is 5.82 Å². The second-order valence-corrected chi connectivity index (χ2v) is 7.38. The lowest BCUT2D eigenvalue weighted by Gasteiger charge is -2.35. The Balaban J connectivity index is 1.38. The Morgan fingerprint density at radius 1 is 1.07 bits per heavy atom. The summed E-state index contributed by atoms with van der Waals surface area (Å²) in [7, 11) is 0. The maximum Gasteiger partial charge on any atom is 0.288 e. The topological polar surface area (TPSA) is 54.5 Å². The van der Waals surface area contributed by atoms with E-state index >= 15 is 0 Å². The third-order valence-corrected chi connectivity index (χ3v) is 5.34. The van der Waals surface area contributed by atoms with E-state index in [-0.39, 0.29) is 11.6 Å². The van der Waals surface area contributed by atoms with Crippen molar-refractivity contribution >= 4 is 23.7 Å². The van der Waals surface area contributed by atoms with Crippen LogP contribution in [0.5, 0.6) is 0 Å². The van der Waals surface area contributed by atoms with Gasteiger partial charge in [0.25, 0.3) is 4.84 Å². The summed E-state index contributed by atoms with van der Waals surface area (Å²) in [5.41, 5.74) is 2.53. The first-order valence-corrected chi connectivity index (χ1v) is 9.82. The number of carbonyl (C=O) groups excluding carboxylic acids is 1. The zero-order chi connectivity index (χ0) is 20.4. The zero-order valence-electron chi connectivity index (χ0n) is 16.0. The number of hydrogen-bond donors (Lipinski definition) is 0. The molecule has 0 amide bonds. The Morgan fingerprint density at radius 2 is 1.72 bits per heavy atom. The quantitative estimate of drug-likeness (QED) is 0.467. The molecule has 2 aromatic carbocycles. The van der Waals surface area contributed by atoms with Crippen molar-refractivity contribution in [3.05, 3.63) is 64.7 Å². The van der Waals surface area contributed by atoms with Crippen LogP contribution < -0.4 is 4.90 Å². The number of rotatable bonds is 5. The molecule has 0 bridgehead atoms. The van der Waals surface area contributed by atoms with Gasteiger partial charge >= 0.3 is 0 Å². The average molecular weight is 412 g/mol. The van der Waals surface area contributed by atoms with Crippen LogP contribution in [-0.2, 0) is 6.67 Å². The summed E-state index contributed by atoms with van der Waals surface area (Å²) in [6.45, 7) is 5.57. The van der Waals surface area contributed by atoms with Crippen molar-refractivity contribution < 1.29 is 13.6 Å². The molecule has 0 atom stereocenters. The number of carbonyl (C=O) groups is 1. The number of nitrogens with zero attached hydrogens (tertiary/aromatic N) is 4. The minimum absolute atomic E-state index is 0.0748. The molecule has 1 aliphatic heterocycles. The molecular formula is C21H21FN4O2S. The molecule has 8 heteroatoms. The van der Waals surface area contributed by atoms with Gasteiger partial charge in [0.15, 0.2) is 5.78 Å². The first kappa shape index (κ1) is 19.5. The van der Waals surface area contributed by atoms with Crippen molar-refractivity contribution in [3.8, 4) is 11.5 Å². The fourth-order valence-electron chi connectivity index (χ4n) is 3.35. The fraction of sp³-hybridized carbons (Fsp3) is 0.286. The predicted octanol–water partition coefficient (Wildman–Crippen LogP) is 3.99. The van der Waals surface area contributed by atoms with E-state index in [1.54, 1.807) is 23.7 Å². The molecule has 0 N–H and O–H groups in total. The summed E-state index contributed by atoms with van der Waals surface area (Å²) in [6, 6.07) is 13.7. The SMILES string of the molecule is CC(=O)c1ccc(N2CCN(Cn3nc(-c4ccc(F)cc4)oc3=S)CC2)cc1. The minimum atomic E-state index is -0.305. The number of piperazine rings is 1. The van der Waals surface area contributed by atoms with Gasteiger partial charge in [0.2, 0.25) is 5.89 Å². The molecule has 0 spiro atoms. The maximum atomic E-state index is 13.1. The first-order chi connectivity index (χ1) is 14.0. The number of Topliss-reactive ketones (excluding diaryl/α,β-unsaturated/α-hetero) is 1. The Labute approximate surface area is 173 Å². The zero-order valence-corrected chi connectivity index (χ0v) is 16.9. The third kappa shape index (κ3) is 4.44. The van der Waals surface area contributed by atoms with Crippen LogP contribution in [0.4, 0.5) is 10.1 Å². The second kappa shape index (κ2) is 8.26. The van der Waals surface area contributed by atoms with Crippen LogP contribution in [-0.4, -0.2) is 46.6 Å². The second-order valence-electron chi connectivity index (χ2n) is 7.03. The number of aromatic nitrogens is 2. The lowest BCUT2D eigenvalue weighted by Crippen LogP contribution is -2.46. The van der Waals surface area contributed by atoms with Crippen molar-refractivity contribution in [1.82, 2.24) is 14.7 Å². The van der Waals surface area contributed by atoms with E-state index in [0.717, 1.165) is 37.4 Å². The van der Waals surface area contributed by atoms with Crippen LogP contribution in [0.15, 0.2) is 52.9 Å². The third-order valence-electron chi connectivity index (χ3n) is 5.04. The lowest BCUT2D eigenvalue weighted by atomic mass is 10.1. The molecular weight excluding hydrogens is 391 g/mol. The van der Waals surface area contributed by atoms with Crippen LogP contribution in [0.25, 0.3) is 11.5 Å². The van der Waals surface area contributed by atoms with E-state index in [1.165, 1.54) is 12.1 Å². The number of ketones is 1. The van der Waals surface area contributed by atoms with Gasteiger partial charge < -0.3 is 9.32 Å². The molecule has 1 fully saturated rings. The summed E-state index contributed by atoms with van der Waals surface area (Å²) in [5.74, 6) is 0.158. The van der Waals surface area contributed by atoms with Gasteiger partial charge in [-0.2, -0.15) is 0 Å². The van der Waals surface area contributed by atoms with Crippen LogP contribution in [0, 0.1) is 10.7 Å². The van der Waals surface area contributed by atoms with E-state index in [0.29, 0.717) is 23.0 Å². The highest BCUT2D eigenvalue weighted by atomic mass is 32.1. The Morgan fingerprint density at radius 3 is 2.34 bits per heavy atom. The molecule has 29 heavy (non-hydrogen) atoms. The smallest absolute Gasteiger partial charge is 0.288 e. The lowest BCUT2D eigenvalue weighted by molar-refractivity contribution is 0.101. The molecule has 3 aromatic rings. The molecule has 0 aliphatic carbocycles. The largest absolute Gasteiger partial charge is 0.409 e. The number of halogens is 1. The molecule has 0 radical (unpaired) electrons. The van der Waals surface area contributed by atoms with Gasteiger partial charge in [-0.15, -0.1) is 5.10 Å². The number of benzene rings is 2. The Hall–Kier alpha value is -2.84. The Kier molecular flexibility index (Phi) is 5.55. The van der Waals surface area contributed by atoms with Crippen molar-refractivity contribution in [2.75, 3.05) is 31.1 Å². The maximum absolute atomic E-state index is 13.1. The fourth-order valence-corrected chi connectivity index (χ4v) is 3.53. The van der Waals surface area contributed by atoms with Gasteiger partial charge in [-0.3, -0.25) is 9.69 Å². The van der Waals surface area contributed by atoms with E-state index in [2.05, 4.69) is 14.9 Å². The van der Waals surface area contributed by atoms with Crippen LogP contribution in [0.2, 0.25) is 0 Å². The van der Waals surface area contributed by atoms with E-state index in [1.807, 2.05) is 24.3 Å². The minimum Gasteiger partial charge on any atom is -0.409 e. The van der Waals surface area contributed by atoms with E-state index < -0.39 is 0 Å². The monoisotopic (exact) mass is 412 g/mol. The van der Waals surface area contributed by atoms with Crippen LogP contribution >= 0.6 is 12.2 Å². The Bertz CT molecular complexity index is 1050. The van der Waals surface area contributed by atoms with Crippen molar-refractivity contribution in [1.29, 1.82) is 0 Å². The number of hydrogen-bond acceptors (Lipinski definition) is 6. The summed E-state index contributed by atoms with van der Waals surface area (Å²) in [4.78, 5) is 16.3. The molecule has 0 saturated carbocycles. The van der Waals surface area contributed by atoms with Crippen molar-refractivity contribution in [3.63, 3.8) is 0 Å². The summed E-state index contributed by atoms with van der Waals surface area (Å²) >= 11 is 5.30. The normalized spacial score (nSPS) is 14.9. The highest BCUT2D eigenvalue weighted by Crippen LogP contribution is 2.20. The molecule has 150 valence electrons. The van der Waals surface area contributed by atoms with Gasteiger partial charge in [-0.1, -0.05) is 0 Å². The molecule has 0 unspecified atom stereocenters. The molecule has 2 heterocycles. The summed E-state index contributed by atoms with van der Waals surface area (Å²) < 4.78 is 20.3. The average Bonchev–Trinajstić information content (AvgIpc) is 3.09.